The van der Waals surface area contributed by atoms with Crippen molar-refractivity contribution in [3.05, 3.63) is 35.4 Å². The van der Waals surface area contributed by atoms with Crippen molar-refractivity contribution in [2.75, 3.05) is 25.1 Å². The predicted molar refractivity (Wildman–Crippen MR) is 145 cm³/mol. The van der Waals surface area contributed by atoms with Crippen molar-refractivity contribution in [2.45, 2.75) is 102 Å². The van der Waals surface area contributed by atoms with E-state index in [1.165, 1.54) is 44.2 Å². The number of hydrogen-bond donors (Lipinski definition) is 0. The SMILES string of the molecule is C[S+]([O-])CC1(C2CCCCC2)CC2CCC(C1)N2C(=O)[C@@H]1CN(C(C)(C)C)CC1c1ccc(F)cc1F. The van der Waals surface area contributed by atoms with Gasteiger partial charge in [-0.25, -0.2) is 8.78 Å². The van der Waals surface area contributed by atoms with Crippen molar-refractivity contribution in [1.29, 1.82) is 0 Å². The highest BCUT2D eigenvalue weighted by molar-refractivity contribution is 7.90. The van der Waals surface area contributed by atoms with Crippen LogP contribution in [-0.4, -0.2) is 63.0 Å². The van der Waals surface area contributed by atoms with Crippen molar-refractivity contribution < 1.29 is 18.1 Å². The molecular formula is C30H44F2N2O2S. The minimum Gasteiger partial charge on any atom is -0.617 e. The quantitative estimate of drug-likeness (QED) is 0.444. The Labute approximate surface area is 224 Å². The van der Waals surface area contributed by atoms with Gasteiger partial charge in [0, 0.05) is 48.1 Å². The maximum absolute atomic E-state index is 15.0. The fourth-order valence-corrected chi connectivity index (χ4v) is 9.62. The molecule has 5 rings (SSSR count). The highest BCUT2D eigenvalue weighted by atomic mass is 32.2. The number of halogens is 2. The van der Waals surface area contributed by atoms with Gasteiger partial charge in [-0.05, 0) is 76.8 Å². The summed E-state index contributed by atoms with van der Waals surface area (Å²) in [5.74, 6) is -0.280. The van der Waals surface area contributed by atoms with Gasteiger partial charge in [-0.15, -0.1) is 0 Å². The monoisotopic (exact) mass is 534 g/mol. The van der Waals surface area contributed by atoms with Gasteiger partial charge >= 0.3 is 0 Å². The molecule has 3 heterocycles. The van der Waals surface area contributed by atoms with Gasteiger partial charge in [0.15, 0.2) is 0 Å². The number of carbonyl (C=O) groups excluding carboxylic acids is 1. The third-order valence-electron chi connectivity index (χ3n) is 10.1. The van der Waals surface area contributed by atoms with Crippen molar-refractivity contribution >= 4 is 17.1 Å². The smallest absolute Gasteiger partial charge is 0.228 e. The molecule has 3 saturated heterocycles. The van der Waals surface area contributed by atoms with Crippen molar-refractivity contribution in [3.63, 3.8) is 0 Å². The highest BCUT2D eigenvalue weighted by Crippen LogP contribution is 2.54. The number of fused-ring (bicyclic) bond motifs is 2. The summed E-state index contributed by atoms with van der Waals surface area (Å²) in [6.07, 6.45) is 12.0. The molecule has 0 aromatic heterocycles. The molecular weight excluding hydrogens is 490 g/mol. The Morgan fingerprint density at radius 1 is 1.05 bits per heavy atom. The highest BCUT2D eigenvalue weighted by Gasteiger charge is 2.56. The van der Waals surface area contributed by atoms with Gasteiger partial charge in [-0.1, -0.05) is 36.5 Å². The van der Waals surface area contributed by atoms with Gasteiger partial charge in [-0.3, -0.25) is 9.69 Å². The van der Waals surface area contributed by atoms with E-state index in [1.807, 2.05) is 6.26 Å². The Balaban J connectivity index is 1.42. The first kappa shape index (κ1) is 27.4. The molecule has 1 aromatic carbocycles. The minimum atomic E-state index is -0.863. The van der Waals surface area contributed by atoms with Gasteiger partial charge in [0.1, 0.15) is 17.4 Å². The summed E-state index contributed by atoms with van der Waals surface area (Å²) in [5, 5.41) is 0. The number of nitrogens with zero attached hydrogens (tertiary/aromatic N) is 2. The van der Waals surface area contributed by atoms with Crippen molar-refractivity contribution in [1.82, 2.24) is 9.80 Å². The Bertz CT molecular complexity index is 976. The number of hydrogen-bond acceptors (Lipinski definition) is 3. The normalized spacial score (nSPS) is 34.2. The first-order chi connectivity index (χ1) is 17.5. The van der Waals surface area contributed by atoms with Crippen LogP contribution in [0.4, 0.5) is 8.78 Å². The van der Waals surface area contributed by atoms with Crippen LogP contribution in [0.1, 0.15) is 90.0 Å². The van der Waals surface area contributed by atoms with Gasteiger partial charge in [-0.2, -0.15) is 0 Å². The number of piperidine rings is 1. The molecule has 1 aromatic rings. The molecule has 5 atom stereocenters. The standard InChI is InChI=1S/C30H44F2N2O2S/c1-29(2,3)33-17-25(24-13-10-21(31)14-27(24)32)26(18-33)28(35)34-22-11-12-23(34)16-30(15-22,19-37(4)36)20-8-6-5-7-9-20/h10,13-14,20,22-23,25-26H,5-9,11-12,15-19H2,1-4H3/t22?,23?,25?,26-,30?,37?/m1/s1. The Hall–Kier alpha value is -1.18. The minimum absolute atomic E-state index is 0.0677. The molecule has 206 valence electrons. The van der Waals surface area contributed by atoms with Crippen molar-refractivity contribution in [3.8, 4) is 0 Å². The molecule has 4 aliphatic rings. The molecule has 37 heavy (non-hydrogen) atoms. The molecule has 1 saturated carbocycles. The van der Waals surface area contributed by atoms with E-state index in [2.05, 4.69) is 30.6 Å². The zero-order chi connectivity index (χ0) is 26.5. The zero-order valence-electron chi connectivity index (χ0n) is 23.0. The molecule has 1 amide bonds. The van der Waals surface area contributed by atoms with E-state index >= 15 is 0 Å². The number of benzene rings is 1. The van der Waals surface area contributed by atoms with Crippen LogP contribution in [0.15, 0.2) is 18.2 Å². The summed E-state index contributed by atoms with van der Waals surface area (Å²) in [6.45, 7) is 7.57. The zero-order valence-corrected chi connectivity index (χ0v) is 23.8. The Kier molecular flexibility index (Phi) is 7.71. The van der Waals surface area contributed by atoms with Crippen LogP contribution < -0.4 is 0 Å². The van der Waals surface area contributed by atoms with Crippen LogP contribution in [0.3, 0.4) is 0 Å². The number of rotatable bonds is 5. The third-order valence-corrected chi connectivity index (χ3v) is 11.0. The number of amides is 1. The lowest BCUT2D eigenvalue weighted by atomic mass is 9.63. The van der Waals surface area contributed by atoms with E-state index in [-0.39, 0.29) is 40.8 Å². The van der Waals surface area contributed by atoms with E-state index in [9.17, 15) is 18.1 Å². The fourth-order valence-electron chi connectivity index (χ4n) is 8.34. The van der Waals surface area contributed by atoms with E-state index in [0.29, 0.717) is 24.6 Å². The summed E-state index contributed by atoms with van der Waals surface area (Å²) < 4.78 is 41.3. The Morgan fingerprint density at radius 3 is 2.27 bits per heavy atom. The summed E-state index contributed by atoms with van der Waals surface area (Å²) in [5.41, 5.74) is 0.373. The summed E-state index contributed by atoms with van der Waals surface area (Å²) in [7, 11) is 0. The molecule has 7 heteroatoms. The summed E-state index contributed by atoms with van der Waals surface area (Å²) >= 11 is -0.863. The van der Waals surface area contributed by atoms with Crippen LogP contribution in [0.2, 0.25) is 0 Å². The second kappa shape index (κ2) is 10.4. The van der Waals surface area contributed by atoms with E-state index in [1.54, 1.807) is 0 Å². The van der Waals surface area contributed by atoms with Crippen LogP contribution in [0.25, 0.3) is 0 Å². The number of carbonyl (C=O) groups is 1. The van der Waals surface area contributed by atoms with E-state index < -0.39 is 22.8 Å². The van der Waals surface area contributed by atoms with E-state index in [4.69, 9.17) is 0 Å². The second-order valence-corrected chi connectivity index (χ2v) is 14.8. The average molecular weight is 535 g/mol. The van der Waals surface area contributed by atoms with Gasteiger partial charge in [0.25, 0.3) is 0 Å². The van der Waals surface area contributed by atoms with Crippen LogP contribution >= 0.6 is 0 Å². The van der Waals surface area contributed by atoms with E-state index in [0.717, 1.165) is 37.5 Å². The molecule has 2 bridgehead atoms. The van der Waals surface area contributed by atoms with Gasteiger partial charge in [0.05, 0.1) is 12.2 Å². The van der Waals surface area contributed by atoms with Gasteiger partial charge in [0.2, 0.25) is 5.91 Å². The Morgan fingerprint density at radius 2 is 1.70 bits per heavy atom. The lowest BCUT2D eigenvalue weighted by molar-refractivity contribution is -0.143. The molecule has 4 fully saturated rings. The largest absolute Gasteiger partial charge is 0.617 e. The topological polar surface area (TPSA) is 46.6 Å². The first-order valence-corrected chi connectivity index (χ1v) is 16.0. The lowest BCUT2D eigenvalue weighted by Crippen LogP contribution is -2.56. The molecule has 3 aliphatic heterocycles. The van der Waals surface area contributed by atoms with Crippen molar-refractivity contribution in [2.24, 2.45) is 17.3 Å². The lowest BCUT2D eigenvalue weighted by Gasteiger charge is -2.51. The fraction of sp³-hybridized carbons (Fsp3) is 0.767. The molecule has 0 spiro atoms. The van der Waals surface area contributed by atoms with Crippen LogP contribution in [0.5, 0.6) is 0 Å². The molecule has 4 nitrogen and oxygen atoms in total. The molecule has 0 N–H and O–H groups in total. The van der Waals surface area contributed by atoms with Crippen LogP contribution in [0, 0.1) is 28.9 Å². The first-order valence-electron chi connectivity index (χ1n) is 14.3. The summed E-state index contributed by atoms with van der Waals surface area (Å²) in [4.78, 5) is 18.8. The molecule has 4 unspecified atom stereocenters. The maximum atomic E-state index is 15.0. The molecule has 0 radical (unpaired) electrons. The van der Waals surface area contributed by atoms with Gasteiger partial charge < -0.3 is 9.45 Å². The van der Waals surface area contributed by atoms with Crippen LogP contribution in [-0.2, 0) is 16.0 Å². The average Bonchev–Trinajstić information content (AvgIpc) is 3.39. The number of likely N-dealkylation sites (tertiary alicyclic amines) is 1. The third kappa shape index (κ3) is 5.34. The predicted octanol–water partition coefficient (Wildman–Crippen LogP) is 5.88. The summed E-state index contributed by atoms with van der Waals surface area (Å²) in [6, 6.07) is 4.16. The second-order valence-electron chi connectivity index (χ2n) is 13.4. The maximum Gasteiger partial charge on any atom is 0.228 e. The molecule has 1 aliphatic carbocycles.